The number of aryl methyl sites for hydroxylation is 1. The number of likely N-dealkylation sites (N-methyl/N-ethyl adjacent to an activating group) is 1. The van der Waals surface area contributed by atoms with Crippen molar-refractivity contribution in [3.05, 3.63) is 22.4 Å². The summed E-state index contributed by atoms with van der Waals surface area (Å²) in [5.74, 6) is 1.42. The molecule has 1 unspecified atom stereocenters. The van der Waals surface area contributed by atoms with E-state index in [0.717, 1.165) is 25.3 Å². The van der Waals surface area contributed by atoms with Crippen molar-refractivity contribution in [3.63, 3.8) is 0 Å². The summed E-state index contributed by atoms with van der Waals surface area (Å²) in [5, 5.41) is 9.85. The summed E-state index contributed by atoms with van der Waals surface area (Å²) in [6, 6.07) is 2.21. The Morgan fingerprint density at radius 2 is 2.37 bits per heavy atom. The second-order valence-corrected chi connectivity index (χ2v) is 5.16. The number of likely N-dealkylation sites (tertiary alicyclic amines) is 1. The van der Waals surface area contributed by atoms with Gasteiger partial charge >= 0.3 is 5.69 Å². The van der Waals surface area contributed by atoms with Gasteiger partial charge in [-0.3, -0.25) is 0 Å². The van der Waals surface area contributed by atoms with Crippen molar-refractivity contribution in [2.45, 2.75) is 25.8 Å². The molecule has 102 valence electrons. The van der Waals surface area contributed by atoms with E-state index in [1.165, 1.54) is 10.8 Å². The average Bonchev–Trinajstić information content (AvgIpc) is 2.71. The molecule has 2 N–H and O–H groups in total. The van der Waals surface area contributed by atoms with Gasteiger partial charge in [0, 0.05) is 18.7 Å². The fraction of sp³-hybridized carbons (Fsp3) is 0.583. The van der Waals surface area contributed by atoms with Gasteiger partial charge in [0.1, 0.15) is 11.6 Å². The van der Waals surface area contributed by atoms with Gasteiger partial charge in [-0.25, -0.2) is 19.3 Å². The minimum Gasteiger partial charge on any atom is -0.366 e. The van der Waals surface area contributed by atoms with E-state index < -0.39 is 0 Å². The number of nitrogens with one attached hydrogen (secondary N) is 2. The molecule has 0 bridgehead atoms. The third kappa shape index (κ3) is 2.33. The van der Waals surface area contributed by atoms with Crippen LogP contribution in [0.15, 0.2) is 10.9 Å². The molecular weight excluding hydrogens is 244 g/mol. The highest BCUT2D eigenvalue weighted by atomic mass is 16.1. The predicted molar refractivity (Wildman–Crippen MR) is 72.5 cm³/mol. The number of aromatic nitrogens is 4. The topological polar surface area (TPSA) is 78.3 Å². The van der Waals surface area contributed by atoms with E-state index >= 15 is 0 Å². The highest BCUT2D eigenvalue weighted by Crippen LogP contribution is 2.15. The first-order valence-corrected chi connectivity index (χ1v) is 6.53. The summed E-state index contributed by atoms with van der Waals surface area (Å²) >= 11 is 0. The molecule has 3 rings (SSSR count). The quantitative estimate of drug-likeness (QED) is 0.810. The van der Waals surface area contributed by atoms with Crippen LogP contribution in [-0.2, 0) is 0 Å². The first-order chi connectivity index (χ1) is 9.13. The number of rotatable bonds is 2. The van der Waals surface area contributed by atoms with E-state index in [-0.39, 0.29) is 5.69 Å². The first kappa shape index (κ1) is 12.2. The molecule has 2 aromatic heterocycles. The molecule has 3 heterocycles. The van der Waals surface area contributed by atoms with Crippen LogP contribution in [0.2, 0.25) is 0 Å². The number of piperidine rings is 1. The first-order valence-electron chi connectivity index (χ1n) is 6.53. The maximum atomic E-state index is 11.5. The number of hydrogen-bond acceptors (Lipinski definition) is 5. The lowest BCUT2D eigenvalue weighted by Gasteiger charge is -2.30. The van der Waals surface area contributed by atoms with Gasteiger partial charge in [0.2, 0.25) is 0 Å². The number of hydrogen-bond donors (Lipinski definition) is 2. The monoisotopic (exact) mass is 262 g/mol. The van der Waals surface area contributed by atoms with Crippen LogP contribution in [0.3, 0.4) is 0 Å². The Balaban J connectivity index is 1.87. The van der Waals surface area contributed by atoms with Gasteiger partial charge in [-0.15, -0.1) is 0 Å². The van der Waals surface area contributed by atoms with E-state index in [9.17, 15) is 4.79 Å². The lowest BCUT2D eigenvalue weighted by atomic mass is 10.1. The SMILES string of the molecule is Cc1nc(NC2CCCN(C)C2)cc2n[nH]c(=O)n12. The zero-order valence-electron chi connectivity index (χ0n) is 11.2. The molecule has 1 fully saturated rings. The van der Waals surface area contributed by atoms with E-state index in [1.807, 2.05) is 6.92 Å². The van der Waals surface area contributed by atoms with Gasteiger partial charge in [-0.1, -0.05) is 0 Å². The second kappa shape index (κ2) is 4.65. The Morgan fingerprint density at radius 3 is 3.16 bits per heavy atom. The zero-order valence-corrected chi connectivity index (χ0v) is 11.2. The number of anilines is 1. The summed E-state index contributed by atoms with van der Waals surface area (Å²) in [6.45, 7) is 3.97. The molecule has 0 spiro atoms. The largest absolute Gasteiger partial charge is 0.366 e. The van der Waals surface area contributed by atoms with Crippen molar-refractivity contribution in [3.8, 4) is 0 Å². The van der Waals surface area contributed by atoms with Crippen LogP contribution >= 0.6 is 0 Å². The van der Waals surface area contributed by atoms with Gasteiger partial charge in [0.25, 0.3) is 0 Å². The summed E-state index contributed by atoms with van der Waals surface area (Å²) in [6.07, 6.45) is 2.33. The van der Waals surface area contributed by atoms with E-state index in [2.05, 4.69) is 32.4 Å². The van der Waals surface area contributed by atoms with Gasteiger partial charge in [0.05, 0.1) is 0 Å². The lowest BCUT2D eigenvalue weighted by Crippen LogP contribution is -2.40. The zero-order chi connectivity index (χ0) is 13.4. The van der Waals surface area contributed by atoms with Crippen molar-refractivity contribution in [1.29, 1.82) is 0 Å². The van der Waals surface area contributed by atoms with Crippen LogP contribution in [0, 0.1) is 6.92 Å². The molecule has 0 aromatic carbocycles. The van der Waals surface area contributed by atoms with Crippen molar-refractivity contribution >= 4 is 11.5 Å². The molecular formula is C12H18N6O. The van der Waals surface area contributed by atoms with Crippen LogP contribution in [-0.4, -0.2) is 50.7 Å². The van der Waals surface area contributed by atoms with Gasteiger partial charge in [-0.05, 0) is 33.4 Å². The van der Waals surface area contributed by atoms with Gasteiger partial charge < -0.3 is 10.2 Å². The molecule has 1 aliphatic heterocycles. The minimum absolute atomic E-state index is 0.246. The van der Waals surface area contributed by atoms with Crippen LogP contribution in [0.25, 0.3) is 5.65 Å². The maximum Gasteiger partial charge on any atom is 0.349 e. The Morgan fingerprint density at radius 1 is 1.53 bits per heavy atom. The molecule has 2 aromatic rings. The van der Waals surface area contributed by atoms with E-state index in [4.69, 9.17) is 0 Å². The van der Waals surface area contributed by atoms with E-state index in [1.54, 1.807) is 6.07 Å². The Labute approximate surface area is 110 Å². The van der Waals surface area contributed by atoms with Crippen LogP contribution in [0.5, 0.6) is 0 Å². The van der Waals surface area contributed by atoms with Crippen LogP contribution in [0.4, 0.5) is 5.82 Å². The van der Waals surface area contributed by atoms with Crippen molar-refractivity contribution < 1.29 is 0 Å². The number of H-pyrrole nitrogens is 1. The molecule has 1 saturated heterocycles. The normalized spacial score (nSPS) is 20.8. The highest BCUT2D eigenvalue weighted by molar-refractivity contribution is 5.50. The summed E-state index contributed by atoms with van der Waals surface area (Å²) < 4.78 is 1.47. The molecule has 7 heteroatoms. The van der Waals surface area contributed by atoms with Gasteiger partial charge in [0.15, 0.2) is 5.65 Å². The molecule has 0 radical (unpaired) electrons. The Kier molecular flexibility index (Phi) is 2.98. The second-order valence-electron chi connectivity index (χ2n) is 5.16. The standard InChI is InChI=1S/C12H18N6O/c1-8-13-10(6-11-15-16-12(19)18(8)11)14-9-4-3-5-17(2)7-9/h6,9,14H,3-5,7H2,1-2H3,(H,16,19). The Hall–Kier alpha value is -1.89. The molecule has 1 aliphatic rings. The summed E-state index contributed by atoms with van der Waals surface area (Å²) in [5.41, 5.74) is 0.355. The predicted octanol–water partition coefficient (Wildman–Crippen LogP) is 0.232. The molecule has 0 aliphatic carbocycles. The fourth-order valence-corrected chi connectivity index (χ4v) is 2.66. The van der Waals surface area contributed by atoms with Crippen LogP contribution < -0.4 is 11.0 Å². The van der Waals surface area contributed by atoms with Crippen molar-refractivity contribution in [2.75, 3.05) is 25.5 Å². The van der Waals surface area contributed by atoms with Gasteiger partial charge in [-0.2, -0.15) is 5.10 Å². The highest BCUT2D eigenvalue weighted by Gasteiger charge is 2.18. The third-order valence-corrected chi connectivity index (χ3v) is 3.55. The van der Waals surface area contributed by atoms with Crippen LogP contribution in [0.1, 0.15) is 18.7 Å². The number of fused-ring (bicyclic) bond motifs is 1. The average molecular weight is 262 g/mol. The third-order valence-electron chi connectivity index (χ3n) is 3.55. The molecule has 1 atom stereocenters. The number of aromatic amines is 1. The smallest absolute Gasteiger partial charge is 0.349 e. The van der Waals surface area contributed by atoms with Crippen molar-refractivity contribution in [1.82, 2.24) is 24.5 Å². The van der Waals surface area contributed by atoms with Crippen molar-refractivity contribution in [2.24, 2.45) is 0 Å². The summed E-state index contributed by atoms with van der Waals surface area (Å²) in [4.78, 5) is 18.3. The fourth-order valence-electron chi connectivity index (χ4n) is 2.66. The number of nitrogens with zero attached hydrogens (tertiary/aromatic N) is 4. The molecule has 0 saturated carbocycles. The minimum atomic E-state index is -0.246. The van der Waals surface area contributed by atoms with E-state index in [0.29, 0.717) is 17.5 Å². The lowest BCUT2D eigenvalue weighted by molar-refractivity contribution is 0.260. The molecule has 7 nitrogen and oxygen atoms in total. The Bertz CT molecular complexity index is 645. The molecule has 0 amide bonds. The maximum absolute atomic E-state index is 11.5. The summed E-state index contributed by atoms with van der Waals surface area (Å²) in [7, 11) is 2.13. The molecule has 19 heavy (non-hydrogen) atoms.